The SMILES string of the molecule is CC(C)(C)OC(=O)CC(=O)Nc1ccc2nc(SCCC3OCCCO3)sc2c1. The topological polar surface area (TPSA) is 86.8 Å². The molecule has 0 atom stereocenters. The normalized spacial score (nSPS) is 15.4. The Labute approximate surface area is 178 Å². The molecule has 7 nitrogen and oxygen atoms in total. The summed E-state index contributed by atoms with van der Waals surface area (Å²) in [7, 11) is 0. The Hall–Kier alpha value is -1.68. The predicted octanol–water partition coefficient (Wildman–Crippen LogP) is 4.21. The van der Waals surface area contributed by atoms with Crippen LogP contribution in [0.5, 0.6) is 0 Å². The summed E-state index contributed by atoms with van der Waals surface area (Å²) < 4.78 is 18.2. The third kappa shape index (κ3) is 7.26. The molecule has 1 saturated heterocycles. The maximum atomic E-state index is 12.1. The van der Waals surface area contributed by atoms with Gasteiger partial charge in [0, 0.05) is 17.9 Å². The second-order valence-corrected chi connectivity index (χ2v) is 10.0. The van der Waals surface area contributed by atoms with Gasteiger partial charge in [0.1, 0.15) is 12.0 Å². The number of carbonyl (C=O) groups is 2. The molecule has 1 amide bonds. The van der Waals surface area contributed by atoms with Gasteiger partial charge in [0.2, 0.25) is 5.91 Å². The molecule has 1 aliphatic heterocycles. The van der Waals surface area contributed by atoms with Gasteiger partial charge in [0.05, 0.1) is 23.4 Å². The molecule has 0 spiro atoms. The Balaban J connectivity index is 1.51. The van der Waals surface area contributed by atoms with E-state index in [-0.39, 0.29) is 12.7 Å². The summed E-state index contributed by atoms with van der Waals surface area (Å²) in [5, 5.41) is 2.75. The molecular weight excluding hydrogens is 412 g/mol. The van der Waals surface area contributed by atoms with E-state index in [1.807, 2.05) is 12.1 Å². The molecule has 29 heavy (non-hydrogen) atoms. The van der Waals surface area contributed by atoms with Crippen molar-refractivity contribution in [2.24, 2.45) is 0 Å². The first-order valence-electron chi connectivity index (χ1n) is 9.57. The molecule has 0 unspecified atom stereocenters. The highest BCUT2D eigenvalue weighted by Gasteiger charge is 2.19. The fourth-order valence-electron chi connectivity index (χ4n) is 2.70. The first-order valence-corrected chi connectivity index (χ1v) is 11.4. The highest BCUT2D eigenvalue weighted by molar-refractivity contribution is 8.01. The predicted molar refractivity (Wildman–Crippen MR) is 114 cm³/mol. The average Bonchev–Trinajstić information content (AvgIpc) is 3.02. The van der Waals surface area contributed by atoms with Crippen molar-refractivity contribution in [3.8, 4) is 0 Å². The Kier molecular flexibility index (Phi) is 7.50. The number of aromatic nitrogens is 1. The average molecular weight is 439 g/mol. The van der Waals surface area contributed by atoms with Crippen LogP contribution in [0.2, 0.25) is 0 Å². The van der Waals surface area contributed by atoms with Crippen LogP contribution in [-0.4, -0.2) is 47.7 Å². The number of benzene rings is 1. The van der Waals surface area contributed by atoms with Crippen LogP contribution >= 0.6 is 23.1 Å². The van der Waals surface area contributed by atoms with Gasteiger partial charge in [0.15, 0.2) is 10.6 Å². The highest BCUT2D eigenvalue weighted by Crippen LogP contribution is 2.32. The van der Waals surface area contributed by atoms with Gasteiger partial charge >= 0.3 is 5.97 Å². The second kappa shape index (κ2) is 9.88. The molecule has 1 N–H and O–H groups in total. The molecule has 1 aromatic carbocycles. The third-order valence-corrected chi connectivity index (χ3v) is 6.05. The number of esters is 1. The summed E-state index contributed by atoms with van der Waals surface area (Å²) in [6.07, 6.45) is 1.35. The van der Waals surface area contributed by atoms with Gasteiger partial charge < -0.3 is 19.5 Å². The van der Waals surface area contributed by atoms with Crippen molar-refractivity contribution in [1.82, 2.24) is 4.98 Å². The molecule has 3 rings (SSSR count). The summed E-state index contributed by atoms with van der Waals surface area (Å²) in [6.45, 7) is 6.83. The van der Waals surface area contributed by atoms with Crippen LogP contribution in [0.3, 0.4) is 0 Å². The van der Waals surface area contributed by atoms with Crippen LogP contribution in [0.25, 0.3) is 10.2 Å². The Morgan fingerprint density at radius 3 is 2.79 bits per heavy atom. The summed E-state index contributed by atoms with van der Waals surface area (Å²) in [5.74, 6) is -0.0760. The lowest BCUT2D eigenvalue weighted by atomic mass is 10.2. The van der Waals surface area contributed by atoms with Crippen LogP contribution in [0.4, 0.5) is 5.69 Å². The zero-order valence-electron chi connectivity index (χ0n) is 16.9. The van der Waals surface area contributed by atoms with Crippen molar-refractivity contribution in [3.05, 3.63) is 18.2 Å². The van der Waals surface area contributed by atoms with Gasteiger partial charge in [-0.05, 0) is 45.4 Å². The van der Waals surface area contributed by atoms with E-state index in [1.54, 1.807) is 49.9 Å². The van der Waals surface area contributed by atoms with E-state index in [2.05, 4.69) is 10.3 Å². The zero-order valence-corrected chi connectivity index (χ0v) is 18.5. The number of rotatable bonds is 7. The number of fused-ring (bicyclic) bond motifs is 1. The smallest absolute Gasteiger partial charge is 0.315 e. The quantitative estimate of drug-likeness (QED) is 0.394. The van der Waals surface area contributed by atoms with E-state index < -0.39 is 17.5 Å². The van der Waals surface area contributed by atoms with Crippen molar-refractivity contribution >= 4 is 50.9 Å². The van der Waals surface area contributed by atoms with E-state index in [0.717, 1.165) is 46.4 Å². The van der Waals surface area contributed by atoms with E-state index in [9.17, 15) is 9.59 Å². The standard InChI is InChI=1S/C20H26N2O5S2/c1-20(2,3)27-17(24)12-16(23)21-13-5-6-14-15(11-13)29-19(22-14)28-10-7-18-25-8-4-9-26-18/h5-6,11,18H,4,7-10,12H2,1-3H3,(H,21,23). The number of hydrogen-bond acceptors (Lipinski definition) is 8. The fourth-order valence-corrected chi connectivity index (χ4v) is 4.84. The molecular formula is C20H26N2O5S2. The molecule has 0 saturated carbocycles. The first-order chi connectivity index (χ1) is 13.8. The third-order valence-electron chi connectivity index (χ3n) is 3.85. The molecule has 0 bridgehead atoms. The number of thiazole rings is 1. The van der Waals surface area contributed by atoms with E-state index in [0.29, 0.717) is 5.69 Å². The molecule has 1 aromatic heterocycles. The van der Waals surface area contributed by atoms with Crippen LogP contribution < -0.4 is 5.32 Å². The summed E-state index contributed by atoms with van der Waals surface area (Å²) in [4.78, 5) is 28.5. The second-order valence-electron chi connectivity index (χ2n) is 7.64. The van der Waals surface area contributed by atoms with Gasteiger partial charge in [-0.3, -0.25) is 9.59 Å². The zero-order chi connectivity index (χ0) is 20.9. The largest absolute Gasteiger partial charge is 0.460 e. The number of hydrogen-bond donors (Lipinski definition) is 1. The van der Waals surface area contributed by atoms with Gasteiger partial charge in [-0.15, -0.1) is 11.3 Å². The molecule has 9 heteroatoms. The van der Waals surface area contributed by atoms with Crippen molar-refractivity contribution in [3.63, 3.8) is 0 Å². The lowest BCUT2D eigenvalue weighted by molar-refractivity contribution is -0.178. The molecule has 158 valence electrons. The Morgan fingerprint density at radius 1 is 1.31 bits per heavy atom. The highest BCUT2D eigenvalue weighted by atomic mass is 32.2. The summed E-state index contributed by atoms with van der Waals surface area (Å²) in [6, 6.07) is 5.52. The lowest BCUT2D eigenvalue weighted by Crippen LogP contribution is -2.27. The molecule has 1 fully saturated rings. The molecule has 2 aromatic rings. The number of nitrogens with one attached hydrogen (secondary N) is 1. The van der Waals surface area contributed by atoms with Crippen LogP contribution in [0.1, 0.15) is 40.0 Å². The number of anilines is 1. The van der Waals surface area contributed by atoms with E-state index >= 15 is 0 Å². The monoisotopic (exact) mass is 438 g/mol. The minimum absolute atomic E-state index is 0.114. The lowest BCUT2D eigenvalue weighted by Gasteiger charge is -2.22. The number of ether oxygens (including phenoxy) is 3. The number of thioether (sulfide) groups is 1. The fraction of sp³-hybridized carbons (Fsp3) is 0.550. The first kappa shape index (κ1) is 22.0. The molecule has 2 heterocycles. The van der Waals surface area contributed by atoms with E-state index in [4.69, 9.17) is 14.2 Å². The molecule has 0 radical (unpaired) electrons. The Bertz CT molecular complexity index is 856. The minimum atomic E-state index is -0.609. The maximum Gasteiger partial charge on any atom is 0.315 e. The minimum Gasteiger partial charge on any atom is -0.460 e. The number of nitrogens with zero attached hydrogens (tertiary/aromatic N) is 1. The van der Waals surface area contributed by atoms with Crippen molar-refractivity contribution < 1.29 is 23.8 Å². The number of carbonyl (C=O) groups excluding carboxylic acids is 2. The maximum absolute atomic E-state index is 12.1. The van der Waals surface area contributed by atoms with Crippen molar-refractivity contribution in [1.29, 1.82) is 0 Å². The molecule has 0 aliphatic carbocycles. The van der Waals surface area contributed by atoms with Gasteiger partial charge in [-0.1, -0.05) is 11.8 Å². The summed E-state index contributed by atoms with van der Waals surface area (Å²) in [5.41, 5.74) is 0.908. The summed E-state index contributed by atoms with van der Waals surface area (Å²) >= 11 is 3.25. The van der Waals surface area contributed by atoms with Gasteiger partial charge in [-0.25, -0.2) is 4.98 Å². The molecule has 1 aliphatic rings. The van der Waals surface area contributed by atoms with Crippen LogP contribution in [-0.2, 0) is 23.8 Å². The van der Waals surface area contributed by atoms with Crippen molar-refractivity contribution in [2.45, 2.75) is 56.3 Å². The van der Waals surface area contributed by atoms with Crippen LogP contribution in [0, 0.1) is 0 Å². The van der Waals surface area contributed by atoms with E-state index in [1.165, 1.54) is 0 Å². The van der Waals surface area contributed by atoms with Gasteiger partial charge in [-0.2, -0.15) is 0 Å². The van der Waals surface area contributed by atoms with Gasteiger partial charge in [0.25, 0.3) is 0 Å². The Morgan fingerprint density at radius 2 is 2.07 bits per heavy atom. The van der Waals surface area contributed by atoms with Crippen LogP contribution in [0.15, 0.2) is 22.5 Å². The van der Waals surface area contributed by atoms with Crippen molar-refractivity contribution in [2.75, 3.05) is 24.3 Å². The number of amides is 1.